The van der Waals surface area contributed by atoms with Crippen molar-refractivity contribution in [2.75, 3.05) is 5.32 Å². The summed E-state index contributed by atoms with van der Waals surface area (Å²) in [6, 6.07) is 13.2. The van der Waals surface area contributed by atoms with E-state index in [1.807, 2.05) is 64.1 Å². The van der Waals surface area contributed by atoms with Gasteiger partial charge in [0.05, 0.1) is 6.10 Å². The van der Waals surface area contributed by atoms with Gasteiger partial charge in [0.25, 0.3) is 5.91 Å². The van der Waals surface area contributed by atoms with E-state index in [0.717, 1.165) is 16.9 Å². The van der Waals surface area contributed by atoms with Crippen molar-refractivity contribution in [1.82, 2.24) is 0 Å². The summed E-state index contributed by atoms with van der Waals surface area (Å²) in [5.41, 5.74) is 2.93. The van der Waals surface area contributed by atoms with Crippen LogP contribution >= 0.6 is 0 Å². The molecule has 0 bridgehead atoms. The van der Waals surface area contributed by atoms with Crippen LogP contribution in [-0.2, 0) is 4.79 Å². The highest BCUT2D eigenvalue weighted by Crippen LogP contribution is 2.19. The first kappa shape index (κ1) is 17.9. The average Bonchev–Trinajstić information content (AvgIpc) is 2.47. The number of rotatable bonds is 6. The number of hydrogen-bond donors (Lipinski definition) is 1. The molecule has 0 spiro atoms. The van der Waals surface area contributed by atoms with Crippen molar-refractivity contribution in [3.8, 4) is 11.5 Å². The lowest BCUT2D eigenvalue weighted by Gasteiger charge is -2.16. The first-order chi connectivity index (χ1) is 11.3. The summed E-state index contributed by atoms with van der Waals surface area (Å²) in [7, 11) is 0. The number of benzene rings is 2. The third kappa shape index (κ3) is 5.30. The Balaban J connectivity index is 1.95. The van der Waals surface area contributed by atoms with Gasteiger partial charge in [0, 0.05) is 5.69 Å². The summed E-state index contributed by atoms with van der Waals surface area (Å²) in [6.07, 6.45) is -0.463. The predicted octanol–water partition coefficient (Wildman–Crippen LogP) is 4.50. The number of carbonyl (C=O) groups is 1. The molecule has 2 aromatic rings. The van der Waals surface area contributed by atoms with Gasteiger partial charge in [-0.3, -0.25) is 4.79 Å². The number of amides is 1. The van der Waals surface area contributed by atoms with Gasteiger partial charge in [-0.05, 0) is 82.1 Å². The van der Waals surface area contributed by atoms with Crippen LogP contribution in [-0.4, -0.2) is 18.1 Å². The molecule has 0 saturated heterocycles. The van der Waals surface area contributed by atoms with Crippen molar-refractivity contribution in [1.29, 1.82) is 0 Å². The lowest BCUT2D eigenvalue weighted by atomic mass is 10.1. The Hall–Kier alpha value is -2.49. The fourth-order valence-corrected chi connectivity index (χ4v) is 2.39. The Morgan fingerprint density at radius 3 is 2.00 bits per heavy atom. The van der Waals surface area contributed by atoms with Crippen molar-refractivity contribution in [2.24, 2.45) is 0 Å². The summed E-state index contributed by atoms with van der Waals surface area (Å²) in [6.45, 7) is 9.70. The van der Waals surface area contributed by atoms with Crippen LogP contribution in [0.5, 0.6) is 11.5 Å². The Labute approximate surface area is 143 Å². The van der Waals surface area contributed by atoms with Crippen LogP contribution in [0.2, 0.25) is 0 Å². The molecule has 0 aliphatic heterocycles. The Morgan fingerprint density at radius 1 is 0.875 bits per heavy atom. The highest BCUT2D eigenvalue weighted by Gasteiger charge is 2.15. The molecule has 1 amide bonds. The predicted molar refractivity (Wildman–Crippen MR) is 96.8 cm³/mol. The van der Waals surface area contributed by atoms with E-state index in [9.17, 15) is 4.79 Å². The highest BCUT2D eigenvalue weighted by atomic mass is 16.5. The number of hydrogen-bond acceptors (Lipinski definition) is 3. The maximum absolute atomic E-state index is 12.3. The monoisotopic (exact) mass is 327 g/mol. The van der Waals surface area contributed by atoms with Crippen LogP contribution in [0.1, 0.15) is 31.9 Å². The van der Waals surface area contributed by atoms with Gasteiger partial charge in [0.15, 0.2) is 6.10 Å². The van der Waals surface area contributed by atoms with Gasteiger partial charge in [0.1, 0.15) is 11.5 Å². The molecule has 0 saturated carbocycles. The van der Waals surface area contributed by atoms with Crippen molar-refractivity contribution >= 4 is 11.6 Å². The summed E-state index contributed by atoms with van der Waals surface area (Å²) < 4.78 is 11.3. The van der Waals surface area contributed by atoms with Crippen LogP contribution in [0.4, 0.5) is 5.69 Å². The molecule has 4 heteroatoms. The maximum Gasteiger partial charge on any atom is 0.265 e. The molecule has 128 valence electrons. The molecule has 4 nitrogen and oxygen atoms in total. The summed E-state index contributed by atoms with van der Waals surface area (Å²) in [4.78, 5) is 12.3. The molecular weight excluding hydrogens is 302 g/mol. The molecule has 1 N–H and O–H groups in total. The molecule has 0 heterocycles. The summed E-state index contributed by atoms with van der Waals surface area (Å²) >= 11 is 0. The van der Waals surface area contributed by atoms with Crippen LogP contribution in [0.15, 0.2) is 42.5 Å². The SMILES string of the molecule is Cc1cc(C)cc(O[C@H](C)C(=O)Nc2ccc(OC(C)C)cc2)c1. The number of anilines is 1. The summed E-state index contributed by atoms with van der Waals surface area (Å²) in [5, 5.41) is 2.85. The van der Waals surface area contributed by atoms with Gasteiger partial charge in [0.2, 0.25) is 0 Å². The van der Waals surface area contributed by atoms with Gasteiger partial charge in [-0.15, -0.1) is 0 Å². The fraction of sp³-hybridized carbons (Fsp3) is 0.350. The standard InChI is InChI=1S/C20H25NO3/c1-13(2)23-18-8-6-17(7-9-18)21-20(22)16(5)24-19-11-14(3)10-15(4)12-19/h6-13,16H,1-5H3,(H,21,22)/t16-/m1/s1. The minimum absolute atomic E-state index is 0.122. The number of carbonyl (C=O) groups excluding carboxylic acids is 1. The minimum Gasteiger partial charge on any atom is -0.491 e. The van der Waals surface area contributed by atoms with E-state index < -0.39 is 6.10 Å². The molecule has 0 unspecified atom stereocenters. The van der Waals surface area contributed by atoms with Crippen molar-refractivity contribution < 1.29 is 14.3 Å². The quantitative estimate of drug-likeness (QED) is 0.850. The molecule has 2 aromatic carbocycles. The second-order valence-corrected chi connectivity index (χ2v) is 6.26. The smallest absolute Gasteiger partial charge is 0.265 e. The molecule has 0 aromatic heterocycles. The van der Waals surface area contributed by atoms with E-state index >= 15 is 0 Å². The zero-order valence-corrected chi connectivity index (χ0v) is 14.9. The number of ether oxygens (including phenoxy) is 2. The largest absolute Gasteiger partial charge is 0.491 e. The van der Waals surface area contributed by atoms with Gasteiger partial charge in [-0.1, -0.05) is 6.07 Å². The lowest BCUT2D eigenvalue weighted by molar-refractivity contribution is -0.122. The molecule has 24 heavy (non-hydrogen) atoms. The number of aryl methyl sites for hydroxylation is 2. The zero-order valence-electron chi connectivity index (χ0n) is 14.9. The van der Waals surface area contributed by atoms with Gasteiger partial charge in [-0.2, -0.15) is 0 Å². The Kier molecular flexibility index (Phi) is 5.85. The van der Waals surface area contributed by atoms with Gasteiger partial charge < -0.3 is 14.8 Å². The van der Waals surface area contributed by atoms with E-state index in [1.165, 1.54) is 0 Å². The fourth-order valence-electron chi connectivity index (χ4n) is 2.39. The molecule has 0 fully saturated rings. The summed E-state index contributed by atoms with van der Waals surface area (Å²) in [5.74, 6) is 1.30. The lowest BCUT2D eigenvalue weighted by Crippen LogP contribution is -2.30. The first-order valence-electron chi connectivity index (χ1n) is 8.16. The van der Waals surface area contributed by atoms with Crippen LogP contribution in [0.25, 0.3) is 0 Å². The number of nitrogens with one attached hydrogen (secondary N) is 1. The Morgan fingerprint density at radius 2 is 1.46 bits per heavy atom. The third-order valence-corrected chi connectivity index (χ3v) is 3.37. The normalized spacial score (nSPS) is 11.9. The maximum atomic E-state index is 12.3. The molecule has 0 aliphatic carbocycles. The van der Waals surface area contributed by atoms with Crippen molar-refractivity contribution in [3.05, 3.63) is 53.6 Å². The molecule has 1 atom stereocenters. The van der Waals surface area contributed by atoms with E-state index in [-0.39, 0.29) is 12.0 Å². The second kappa shape index (κ2) is 7.86. The topological polar surface area (TPSA) is 47.6 Å². The second-order valence-electron chi connectivity index (χ2n) is 6.26. The van der Waals surface area contributed by atoms with Crippen LogP contribution in [0.3, 0.4) is 0 Å². The van der Waals surface area contributed by atoms with Gasteiger partial charge >= 0.3 is 0 Å². The van der Waals surface area contributed by atoms with Gasteiger partial charge in [-0.25, -0.2) is 0 Å². The van der Waals surface area contributed by atoms with Crippen molar-refractivity contribution in [3.63, 3.8) is 0 Å². The Bertz CT molecular complexity index is 672. The van der Waals surface area contributed by atoms with E-state index in [0.29, 0.717) is 11.4 Å². The van der Waals surface area contributed by atoms with E-state index in [4.69, 9.17) is 9.47 Å². The minimum atomic E-state index is -0.585. The van der Waals surface area contributed by atoms with Crippen molar-refractivity contribution in [2.45, 2.75) is 46.8 Å². The van der Waals surface area contributed by atoms with E-state index in [2.05, 4.69) is 11.4 Å². The molecule has 2 rings (SSSR count). The first-order valence-corrected chi connectivity index (χ1v) is 8.16. The third-order valence-electron chi connectivity index (χ3n) is 3.37. The molecule has 0 aliphatic rings. The van der Waals surface area contributed by atoms with Crippen LogP contribution < -0.4 is 14.8 Å². The molecular formula is C20H25NO3. The van der Waals surface area contributed by atoms with Crippen LogP contribution in [0, 0.1) is 13.8 Å². The highest BCUT2D eigenvalue weighted by molar-refractivity contribution is 5.94. The van der Waals surface area contributed by atoms with E-state index in [1.54, 1.807) is 6.92 Å². The molecule has 0 radical (unpaired) electrons. The average molecular weight is 327 g/mol. The zero-order chi connectivity index (χ0) is 17.7.